The standard InChI is InChI=1S/C20H29NO4/c1-15(8-13-19(21)22)16(2)25-14-18-11-9-17(10-12-18)6-4-3-5-7-20(23)24/h4,6,9-12,15-16H,3,5,7-8,13-14H2,1-2H3,(H2,21,22)(H,23,24)/b6-4+/t15-,16+/m0/s1. The highest BCUT2D eigenvalue weighted by Crippen LogP contribution is 2.16. The summed E-state index contributed by atoms with van der Waals surface area (Å²) in [6.07, 6.45) is 6.81. The number of hydrogen-bond acceptors (Lipinski definition) is 3. The molecule has 5 heteroatoms. The average molecular weight is 347 g/mol. The first-order valence-electron chi connectivity index (χ1n) is 8.75. The maximum atomic E-state index is 10.8. The minimum atomic E-state index is -0.754. The first-order valence-corrected chi connectivity index (χ1v) is 8.75. The van der Waals surface area contributed by atoms with Gasteiger partial charge in [0, 0.05) is 12.8 Å². The minimum Gasteiger partial charge on any atom is -0.481 e. The van der Waals surface area contributed by atoms with Crippen LogP contribution in [0.5, 0.6) is 0 Å². The predicted octanol–water partition coefficient (Wildman–Crippen LogP) is 3.76. The van der Waals surface area contributed by atoms with Crippen molar-refractivity contribution in [1.82, 2.24) is 0 Å². The predicted molar refractivity (Wildman–Crippen MR) is 98.8 cm³/mol. The number of primary amides is 1. The Labute approximate surface area is 149 Å². The lowest BCUT2D eigenvalue weighted by molar-refractivity contribution is -0.137. The van der Waals surface area contributed by atoms with Crippen molar-refractivity contribution in [2.24, 2.45) is 11.7 Å². The van der Waals surface area contributed by atoms with Crippen molar-refractivity contribution in [3.05, 3.63) is 41.5 Å². The molecule has 0 saturated carbocycles. The third-order valence-corrected chi connectivity index (χ3v) is 4.21. The lowest BCUT2D eigenvalue weighted by Gasteiger charge is -2.20. The van der Waals surface area contributed by atoms with Gasteiger partial charge >= 0.3 is 5.97 Å². The Hall–Kier alpha value is -2.14. The van der Waals surface area contributed by atoms with Gasteiger partial charge in [-0.2, -0.15) is 0 Å². The smallest absolute Gasteiger partial charge is 0.303 e. The third kappa shape index (κ3) is 9.67. The maximum absolute atomic E-state index is 10.8. The number of nitrogens with two attached hydrogens (primary N) is 1. The Bertz CT molecular complexity index is 566. The Balaban J connectivity index is 2.35. The van der Waals surface area contributed by atoms with Crippen molar-refractivity contribution in [3.8, 4) is 0 Å². The van der Waals surface area contributed by atoms with Gasteiger partial charge in [0.15, 0.2) is 0 Å². The van der Waals surface area contributed by atoms with Crippen molar-refractivity contribution >= 4 is 18.0 Å². The molecule has 0 fully saturated rings. The monoisotopic (exact) mass is 347 g/mol. The molecule has 5 nitrogen and oxygen atoms in total. The van der Waals surface area contributed by atoms with Gasteiger partial charge in [0.2, 0.25) is 5.91 Å². The lowest BCUT2D eigenvalue weighted by Crippen LogP contribution is -2.20. The lowest BCUT2D eigenvalue weighted by atomic mass is 10.00. The van der Waals surface area contributed by atoms with E-state index in [0.717, 1.165) is 24.0 Å². The first kappa shape index (κ1) is 20.9. The average Bonchev–Trinajstić information content (AvgIpc) is 2.58. The fourth-order valence-electron chi connectivity index (χ4n) is 2.31. The van der Waals surface area contributed by atoms with Crippen LogP contribution in [0, 0.1) is 5.92 Å². The molecule has 1 amide bonds. The number of allylic oxidation sites excluding steroid dienone is 1. The zero-order valence-corrected chi connectivity index (χ0v) is 15.1. The number of carboxylic acid groups (broad SMARTS) is 1. The van der Waals surface area contributed by atoms with E-state index in [1.807, 2.05) is 43.3 Å². The van der Waals surface area contributed by atoms with Crippen molar-refractivity contribution in [2.45, 2.75) is 58.7 Å². The molecule has 0 bridgehead atoms. The van der Waals surface area contributed by atoms with Crippen LogP contribution < -0.4 is 5.73 Å². The van der Waals surface area contributed by atoms with Gasteiger partial charge in [0.05, 0.1) is 12.7 Å². The van der Waals surface area contributed by atoms with E-state index < -0.39 is 5.97 Å². The molecule has 0 aliphatic heterocycles. The molecule has 0 saturated heterocycles. The van der Waals surface area contributed by atoms with Gasteiger partial charge in [-0.1, -0.05) is 43.3 Å². The zero-order valence-electron chi connectivity index (χ0n) is 15.1. The first-order chi connectivity index (χ1) is 11.9. The Kier molecular flexibility index (Phi) is 9.55. The summed E-state index contributed by atoms with van der Waals surface area (Å²) >= 11 is 0. The SMILES string of the molecule is C[C@@H](CCC(N)=O)[C@@H](C)OCc1ccc(/C=C/CCCC(=O)O)cc1. The van der Waals surface area contributed by atoms with Crippen LogP contribution in [0.3, 0.4) is 0 Å². The van der Waals surface area contributed by atoms with Crippen LogP contribution in [0.15, 0.2) is 30.3 Å². The number of ether oxygens (including phenoxy) is 1. The fraction of sp³-hybridized carbons (Fsp3) is 0.500. The molecule has 0 unspecified atom stereocenters. The summed E-state index contributed by atoms with van der Waals surface area (Å²) in [7, 11) is 0. The second-order valence-electron chi connectivity index (χ2n) is 6.43. The van der Waals surface area contributed by atoms with E-state index in [4.69, 9.17) is 15.6 Å². The molecule has 0 radical (unpaired) electrons. The van der Waals surface area contributed by atoms with Crippen LogP contribution in [0.25, 0.3) is 6.08 Å². The molecule has 25 heavy (non-hydrogen) atoms. The second-order valence-corrected chi connectivity index (χ2v) is 6.43. The summed E-state index contributed by atoms with van der Waals surface area (Å²) in [6.45, 7) is 4.61. The number of rotatable bonds is 12. The summed E-state index contributed by atoms with van der Waals surface area (Å²) in [5.74, 6) is -0.748. The highest BCUT2D eigenvalue weighted by molar-refractivity contribution is 5.73. The zero-order chi connectivity index (χ0) is 18.7. The van der Waals surface area contributed by atoms with Gasteiger partial charge in [-0.05, 0) is 43.2 Å². The maximum Gasteiger partial charge on any atom is 0.303 e. The van der Waals surface area contributed by atoms with Gasteiger partial charge in [-0.15, -0.1) is 0 Å². The topological polar surface area (TPSA) is 89.6 Å². The van der Waals surface area contributed by atoms with E-state index in [1.165, 1.54) is 0 Å². The molecular formula is C20H29NO4. The quantitative estimate of drug-likeness (QED) is 0.563. The van der Waals surface area contributed by atoms with Crippen LogP contribution in [0.1, 0.15) is 57.1 Å². The number of carbonyl (C=O) groups excluding carboxylic acids is 1. The molecule has 0 heterocycles. The van der Waals surface area contributed by atoms with E-state index in [-0.39, 0.29) is 24.3 Å². The summed E-state index contributed by atoms with van der Waals surface area (Å²) in [5, 5.41) is 8.58. The second kappa shape index (κ2) is 11.4. The number of benzene rings is 1. The fourth-order valence-corrected chi connectivity index (χ4v) is 2.31. The van der Waals surface area contributed by atoms with E-state index in [2.05, 4.69) is 6.92 Å². The molecule has 138 valence electrons. The summed E-state index contributed by atoms with van der Waals surface area (Å²) < 4.78 is 5.87. The normalized spacial score (nSPS) is 13.7. The Morgan fingerprint density at radius 1 is 1.20 bits per heavy atom. The number of carboxylic acids is 1. The number of carbonyl (C=O) groups is 2. The molecule has 0 spiro atoms. The Morgan fingerprint density at radius 2 is 1.88 bits per heavy atom. The van der Waals surface area contributed by atoms with Crippen molar-refractivity contribution in [3.63, 3.8) is 0 Å². The van der Waals surface area contributed by atoms with Crippen molar-refractivity contribution < 1.29 is 19.4 Å². The molecule has 1 aromatic carbocycles. The van der Waals surface area contributed by atoms with Crippen LogP contribution in [-0.2, 0) is 20.9 Å². The highest BCUT2D eigenvalue weighted by atomic mass is 16.5. The Morgan fingerprint density at radius 3 is 2.48 bits per heavy atom. The molecule has 1 aromatic rings. The summed E-state index contributed by atoms with van der Waals surface area (Å²) in [4.78, 5) is 21.3. The number of hydrogen-bond donors (Lipinski definition) is 2. The van der Waals surface area contributed by atoms with Crippen LogP contribution in [0.4, 0.5) is 0 Å². The molecule has 0 aliphatic carbocycles. The highest BCUT2D eigenvalue weighted by Gasteiger charge is 2.13. The molecule has 1 rings (SSSR count). The molecular weight excluding hydrogens is 318 g/mol. The summed E-state index contributed by atoms with van der Waals surface area (Å²) in [5.41, 5.74) is 7.35. The van der Waals surface area contributed by atoms with E-state index in [1.54, 1.807) is 0 Å². The molecule has 3 N–H and O–H groups in total. The largest absolute Gasteiger partial charge is 0.481 e. The van der Waals surface area contributed by atoms with Crippen LogP contribution >= 0.6 is 0 Å². The number of aliphatic carboxylic acids is 1. The van der Waals surface area contributed by atoms with E-state index in [9.17, 15) is 9.59 Å². The molecule has 0 aliphatic rings. The van der Waals surface area contributed by atoms with E-state index in [0.29, 0.717) is 19.4 Å². The van der Waals surface area contributed by atoms with Crippen LogP contribution in [0.2, 0.25) is 0 Å². The van der Waals surface area contributed by atoms with Crippen molar-refractivity contribution in [1.29, 1.82) is 0 Å². The summed E-state index contributed by atoms with van der Waals surface area (Å²) in [6, 6.07) is 8.09. The molecule has 0 aromatic heterocycles. The molecule has 2 atom stereocenters. The van der Waals surface area contributed by atoms with Gasteiger partial charge in [-0.25, -0.2) is 0 Å². The van der Waals surface area contributed by atoms with Crippen molar-refractivity contribution in [2.75, 3.05) is 0 Å². The van der Waals surface area contributed by atoms with Gasteiger partial charge in [0.1, 0.15) is 0 Å². The third-order valence-electron chi connectivity index (χ3n) is 4.21. The van der Waals surface area contributed by atoms with E-state index >= 15 is 0 Å². The van der Waals surface area contributed by atoms with Gasteiger partial charge in [0.25, 0.3) is 0 Å². The van der Waals surface area contributed by atoms with Gasteiger partial charge in [-0.3, -0.25) is 9.59 Å². The number of unbranched alkanes of at least 4 members (excludes halogenated alkanes) is 1. The van der Waals surface area contributed by atoms with Gasteiger partial charge < -0.3 is 15.6 Å². The van der Waals surface area contributed by atoms with Crippen LogP contribution in [-0.4, -0.2) is 23.1 Å². The minimum absolute atomic E-state index is 0.0631. The number of amides is 1.